The lowest BCUT2D eigenvalue weighted by atomic mass is 10.1. The van der Waals surface area contributed by atoms with Gasteiger partial charge >= 0.3 is 0 Å². The second kappa shape index (κ2) is 11.4. The van der Waals surface area contributed by atoms with Gasteiger partial charge in [0.2, 0.25) is 5.91 Å². The highest BCUT2D eigenvalue weighted by Crippen LogP contribution is 2.25. The Bertz CT molecular complexity index is 1330. The Hall–Kier alpha value is -3.01. The van der Waals surface area contributed by atoms with Crippen LogP contribution in [0, 0.1) is 6.92 Å². The number of aryl methyl sites for hydroxylation is 1. The van der Waals surface area contributed by atoms with E-state index in [1.54, 1.807) is 10.6 Å². The quantitative estimate of drug-likeness (QED) is 0.190. The largest absolute Gasteiger partial charge is 0.382 e. The average Bonchev–Trinajstić information content (AvgIpc) is 3.30. The van der Waals surface area contributed by atoms with Crippen LogP contribution in [0.15, 0.2) is 63.9 Å². The van der Waals surface area contributed by atoms with E-state index in [9.17, 15) is 9.59 Å². The third kappa shape index (κ3) is 5.91. The Morgan fingerprint density at radius 1 is 1.15 bits per heavy atom. The highest BCUT2D eigenvalue weighted by Gasteiger charge is 2.14. The van der Waals surface area contributed by atoms with Crippen molar-refractivity contribution in [2.45, 2.75) is 32.0 Å². The number of fused-ring (bicyclic) bond motifs is 1. The lowest BCUT2D eigenvalue weighted by Gasteiger charge is -2.13. The van der Waals surface area contributed by atoms with Crippen LogP contribution in [0.1, 0.15) is 18.9 Å². The first-order valence-electron chi connectivity index (χ1n) is 11.1. The van der Waals surface area contributed by atoms with Gasteiger partial charge in [0.15, 0.2) is 10.3 Å². The zero-order chi connectivity index (χ0) is 23.9. The molecule has 0 spiro atoms. The number of carbonyl (C=O) groups excluding carboxylic acids is 1. The van der Waals surface area contributed by atoms with Crippen LogP contribution in [0.2, 0.25) is 0 Å². The minimum atomic E-state index is -0.196. The van der Waals surface area contributed by atoms with E-state index in [0.29, 0.717) is 47.4 Å². The minimum Gasteiger partial charge on any atom is -0.382 e. The average molecular weight is 495 g/mol. The van der Waals surface area contributed by atoms with Crippen molar-refractivity contribution in [1.82, 2.24) is 14.5 Å². The third-order valence-corrected chi connectivity index (χ3v) is 6.87. The fourth-order valence-corrected chi connectivity index (χ4v) is 4.96. The summed E-state index contributed by atoms with van der Waals surface area (Å²) < 4.78 is 7.05. The van der Waals surface area contributed by atoms with Gasteiger partial charge in [-0.2, -0.15) is 0 Å². The summed E-state index contributed by atoms with van der Waals surface area (Å²) in [5.41, 5.74) is 3.54. The van der Waals surface area contributed by atoms with E-state index in [2.05, 4.69) is 15.3 Å². The molecule has 1 N–H and O–H groups in total. The number of amides is 1. The molecule has 0 bridgehead atoms. The van der Waals surface area contributed by atoms with Gasteiger partial charge in [-0.15, -0.1) is 11.3 Å². The number of hydrogen-bond donors (Lipinski definition) is 1. The number of thioether (sulfide) groups is 1. The molecule has 1 amide bonds. The lowest BCUT2D eigenvalue weighted by Crippen LogP contribution is -2.25. The first-order chi connectivity index (χ1) is 16.5. The van der Waals surface area contributed by atoms with Crippen molar-refractivity contribution in [2.75, 3.05) is 24.3 Å². The molecule has 9 heteroatoms. The molecular weight excluding hydrogens is 468 g/mol. The van der Waals surface area contributed by atoms with Crippen molar-refractivity contribution in [1.29, 1.82) is 0 Å². The Morgan fingerprint density at radius 3 is 2.74 bits per heavy atom. The second-order valence-electron chi connectivity index (χ2n) is 7.66. The molecule has 176 valence electrons. The van der Waals surface area contributed by atoms with E-state index in [1.807, 2.05) is 61.7 Å². The van der Waals surface area contributed by atoms with E-state index in [0.717, 1.165) is 11.3 Å². The highest BCUT2D eigenvalue weighted by molar-refractivity contribution is 7.99. The zero-order valence-electron chi connectivity index (χ0n) is 19.1. The molecule has 0 unspecified atom stereocenters. The number of aromatic nitrogens is 3. The zero-order valence-corrected chi connectivity index (χ0v) is 20.7. The number of hydrogen-bond acceptors (Lipinski definition) is 7. The maximum atomic E-state index is 13.1. The van der Waals surface area contributed by atoms with Crippen LogP contribution < -0.4 is 10.9 Å². The molecule has 0 aliphatic carbocycles. The summed E-state index contributed by atoms with van der Waals surface area (Å²) in [6.07, 6.45) is 0.689. The molecule has 4 aromatic rings. The summed E-state index contributed by atoms with van der Waals surface area (Å²) in [7, 11) is 0. The summed E-state index contributed by atoms with van der Waals surface area (Å²) in [5.74, 6) is -0.0755. The number of anilines is 1. The van der Waals surface area contributed by atoms with Gasteiger partial charge in [0.05, 0.1) is 22.3 Å². The van der Waals surface area contributed by atoms with Crippen molar-refractivity contribution in [3.8, 4) is 11.3 Å². The normalized spacial score (nSPS) is 11.1. The molecule has 2 aromatic heterocycles. The fraction of sp³-hybridized carbons (Fsp3) is 0.280. The number of rotatable bonds is 10. The molecule has 0 saturated carbocycles. The highest BCUT2D eigenvalue weighted by atomic mass is 32.2. The molecule has 4 rings (SSSR count). The van der Waals surface area contributed by atoms with Gasteiger partial charge in [0.1, 0.15) is 0 Å². The second-order valence-corrected chi connectivity index (χ2v) is 9.46. The molecule has 34 heavy (non-hydrogen) atoms. The maximum absolute atomic E-state index is 13.1. The first kappa shape index (κ1) is 24.1. The molecule has 2 aromatic carbocycles. The summed E-state index contributed by atoms with van der Waals surface area (Å²) in [6, 6.07) is 15.4. The van der Waals surface area contributed by atoms with E-state index in [-0.39, 0.29) is 17.2 Å². The third-order valence-electron chi connectivity index (χ3n) is 5.13. The Balaban J connectivity index is 1.45. The topological polar surface area (TPSA) is 86.1 Å². The standard InChI is InChI=1S/C25H26N4O3S2/c1-3-32-14-6-13-29-23(31)19-7-4-5-8-20(19)27-25(29)34-16-22(30)28-24-26-21(15-33-24)18-11-9-17(2)10-12-18/h4-5,7-12,15H,3,6,13-14,16H2,1-2H3,(H,26,28,30). The summed E-state index contributed by atoms with van der Waals surface area (Å²) in [6.45, 7) is 5.66. The number of benzene rings is 2. The van der Waals surface area contributed by atoms with Gasteiger partial charge in [-0.1, -0.05) is 53.7 Å². The minimum absolute atomic E-state index is 0.104. The lowest BCUT2D eigenvalue weighted by molar-refractivity contribution is -0.113. The van der Waals surface area contributed by atoms with Crippen molar-refractivity contribution >= 4 is 45.0 Å². The van der Waals surface area contributed by atoms with E-state index in [1.165, 1.54) is 28.7 Å². The number of carbonyl (C=O) groups is 1. The van der Waals surface area contributed by atoms with Gasteiger partial charge in [-0.3, -0.25) is 14.2 Å². The predicted molar refractivity (Wildman–Crippen MR) is 139 cm³/mol. The summed E-state index contributed by atoms with van der Waals surface area (Å²) >= 11 is 2.63. The van der Waals surface area contributed by atoms with Crippen molar-refractivity contribution in [3.63, 3.8) is 0 Å². The Labute approximate surface area is 206 Å². The van der Waals surface area contributed by atoms with Crippen LogP contribution in [0.5, 0.6) is 0 Å². The van der Waals surface area contributed by atoms with Crippen LogP contribution in [0.25, 0.3) is 22.2 Å². The van der Waals surface area contributed by atoms with E-state index < -0.39 is 0 Å². The van der Waals surface area contributed by atoms with Crippen LogP contribution in [-0.2, 0) is 16.1 Å². The molecular formula is C25H26N4O3S2. The molecule has 0 aliphatic heterocycles. The molecule has 0 fully saturated rings. The SMILES string of the molecule is CCOCCCn1c(SCC(=O)Nc2nc(-c3ccc(C)cc3)cs2)nc2ccccc2c1=O. The molecule has 0 aliphatic rings. The molecule has 0 radical (unpaired) electrons. The van der Waals surface area contributed by atoms with E-state index in [4.69, 9.17) is 4.74 Å². The van der Waals surface area contributed by atoms with Crippen molar-refractivity contribution < 1.29 is 9.53 Å². The van der Waals surface area contributed by atoms with Crippen molar-refractivity contribution in [2.24, 2.45) is 0 Å². The maximum Gasteiger partial charge on any atom is 0.262 e. The molecule has 2 heterocycles. The van der Waals surface area contributed by atoms with Gasteiger partial charge < -0.3 is 10.1 Å². The molecule has 7 nitrogen and oxygen atoms in total. The van der Waals surface area contributed by atoms with Gasteiger partial charge in [0.25, 0.3) is 5.56 Å². The van der Waals surface area contributed by atoms with Crippen LogP contribution >= 0.6 is 23.1 Å². The first-order valence-corrected chi connectivity index (χ1v) is 12.9. The molecule has 0 atom stereocenters. The Morgan fingerprint density at radius 2 is 1.94 bits per heavy atom. The Kier molecular flexibility index (Phi) is 8.10. The number of ether oxygens (including phenoxy) is 1. The number of thiazole rings is 1. The van der Waals surface area contributed by atoms with E-state index >= 15 is 0 Å². The van der Waals surface area contributed by atoms with Gasteiger partial charge in [-0.05, 0) is 32.4 Å². The monoisotopic (exact) mass is 494 g/mol. The van der Waals surface area contributed by atoms with Crippen LogP contribution in [0.4, 0.5) is 5.13 Å². The summed E-state index contributed by atoms with van der Waals surface area (Å²) in [4.78, 5) is 34.9. The molecule has 0 saturated heterocycles. The van der Waals surface area contributed by atoms with Gasteiger partial charge in [0, 0.05) is 30.7 Å². The van der Waals surface area contributed by atoms with Crippen molar-refractivity contribution in [3.05, 3.63) is 69.8 Å². The van der Waals surface area contributed by atoms with Gasteiger partial charge in [-0.25, -0.2) is 9.97 Å². The van der Waals surface area contributed by atoms with Crippen LogP contribution in [-0.4, -0.2) is 39.4 Å². The summed E-state index contributed by atoms with van der Waals surface area (Å²) in [5, 5.41) is 6.42. The predicted octanol–water partition coefficient (Wildman–Crippen LogP) is 4.99. The fourth-order valence-electron chi connectivity index (χ4n) is 3.40. The number of nitrogens with one attached hydrogen (secondary N) is 1. The smallest absolute Gasteiger partial charge is 0.262 e. The van der Waals surface area contributed by atoms with Crippen LogP contribution in [0.3, 0.4) is 0 Å². The number of nitrogens with zero attached hydrogens (tertiary/aromatic N) is 3. The number of para-hydroxylation sites is 1.